The number of rotatable bonds is 4. The van der Waals surface area contributed by atoms with E-state index in [1.54, 1.807) is 23.5 Å². The number of nitrogens with zero attached hydrogens (tertiary/aromatic N) is 3. The summed E-state index contributed by atoms with van der Waals surface area (Å²) in [6.07, 6.45) is 0. The zero-order valence-corrected chi connectivity index (χ0v) is 19.6. The first kappa shape index (κ1) is 22.4. The number of thiazole rings is 1. The van der Waals surface area contributed by atoms with Crippen LogP contribution in [0, 0.1) is 5.82 Å². The van der Waals surface area contributed by atoms with E-state index in [2.05, 4.69) is 43.1 Å². The number of aromatic nitrogens is 1. The van der Waals surface area contributed by atoms with Crippen LogP contribution < -0.4 is 5.32 Å². The summed E-state index contributed by atoms with van der Waals surface area (Å²) in [6.45, 7) is 10.3. The van der Waals surface area contributed by atoms with Crippen molar-refractivity contribution in [2.45, 2.75) is 32.7 Å². The van der Waals surface area contributed by atoms with Crippen molar-refractivity contribution in [2.75, 3.05) is 31.5 Å². The van der Waals surface area contributed by atoms with Gasteiger partial charge in [0.15, 0.2) is 0 Å². The third-order valence-corrected chi connectivity index (χ3v) is 6.55. The number of hydrogen-bond acceptors (Lipinski definition) is 4. The summed E-state index contributed by atoms with van der Waals surface area (Å²) in [7, 11) is 0. The molecule has 4 rings (SSSR count). The van der Waals surface area contributed by atoms with E-state index in [9.17, 15) is 9.18 Å². The Kier molecular flexibility index (Phi) is 6.58. The highest BCUT2D eigenvalue weighted by Gasteiger charge is 2.22. The molecule has 32 heavy (non-hydrogen) atoms. The Morgan fingerprint density at radius 2 is 1.69 bits per heavy atom. The fraction of sp³-hybridized carbons (Fsp3) is 0.360. The molecule has 0 saturated carbocycles. The summed E-state index contributed by atoms with van der Waals surface area (Å²) in [4.78, 5) is 21.5. The minimum atomic E-state index is -0.243. The van der Waals surface area contributed by atoms with Crippen LogP contribution in [0.3, 0.4) is 0 Å². The predicted molar refractivity (Wildman–Crippen MR) is 129 cm³/mol. The van der Waals surface area contributed by atoms with Crippen LogP contribution in [-0.2, 0) is 12.0 Å². The maximum Gasteiger partial charge on any atom is 0.321 e. The maximum atomic E-state index is 13.1. The highest BCUT2D eigenvalue weighted by Crippen LogP contribution is 2.25. The molecule has 0 spiro atoms. The minimum Gasteiger partial charge on any atom is -0.322 e. The molecule has 5 nitrogen and oxygen atoms in total. The summed E-state index contributed by atoms with van der Waals surface area (Å²) < 4.78 is 13.1. The molecular formula is C25H29FN4OS. The fourth-order valence-corrected chi connectivity index (χ4v) is 4.54. The van der Waals surface area contributed by atoms with Gasteiger partial charge in [-0.3, -0.25) is 4.90 Å². The van der Waals surface area contributed by atoms with Crippen molar-refractivity contribution in [2.24, 2.45) is 0 Å². The lowest BCUT2D eigenvalue weighted by molar-refractivity contribution is 0.143. The Labute approximate surface area is 192 Å². The number of amides is 2. The highest BCUT2D eigenvalue weighted by molar-refractivity contribution is 7.09. The first-order valence-corrected chi connectivity index (χ1v) is 11.7. The number of piperazine rings is 1. The molecule has 0 bridgehead atoms. The zero-order valence-electron chi connectivity index (χ0n) is 18.8. The molecule has 1 aliphatic heterocycles. The summed E-state index contributed by atoms with van der Waals surface area (Å²) in [5.41, 5.74) is 3.96. The molecule has 1 fully saturated rings. The first-order valence-electron chi connectivity index (χ1n) is 10.9. The molecule has 1 saturated heterocycles. The third kappa shape index (κ3) is 5.53. The van der Waals surface area contributed by atoms with Gasteiger partial charge in [-0.25, -0.2) is 14.2 Å². The van der Waals surface area contributed by atoms with Crippen LogP contribution in [0.5, 0.6) is 0 Å². The number of nitrogens with one attached hydrogen (secondary N) is 1. The average Bonchev–Trinajstić information content (AvgIpc) is 3.23. The summed E-state index contributed by atoms with van der Waals surface area (Å²) in [5.74, 6) is -0.243. The summed E-state index contributed by atoms with van der Waals surface area (Å²) >= 11 is 1.61. The van der Waals surface area contributed by atoms with Crippen molar-refractivity contribution in [3.05, 3.63) is 70.3 Å². The van der Waals surface area contributed by atoms with Gasteiger partial charge in [0, 0.05) is 42.8 Å². The van der Waals surface area contributed by atoms with Crippen LogP contribution in [-0.4, -0.2) is 47.0 Å². The van der Waals surface area contributed by atoms with Gasteiger partial charge in [0.2, 0.25) is 0 Å². The van der Waals surface area contributed by atoms with Crippen LogP contribution in [0.15, 0.2) is 53.9 Å². The predicted octanol–water partition coefficient (Wildman–Crippen LogP) is 5.60. The lowest BCUT2D eigenvalue weighted by atomic mass is 9.87. The van der Waals surface area contributed by atoms with Crippen molar-refractivity contribution in [1.29, 1.82) is 0 Å². The second kappa shape index (κ2) is 9.38. The Bertz CT molecular complexity index is 1050. The van der Waals surface area contributed by atoms with Crippen molar-refractivity contribution < 1.29 is 9.18 Å². The van der Waals surface area contributed by atoms with Crippen LogP contribution in [0.1, 0.15) is 31.3 Å². The molecule has 7 heteroatoms. The fourth-order valence-electron chi connectivity index (χ4n) is 3.69. The molecule has 1 aromatic heterocycles. The maximum absolute atomic E-state index is 13.1. The van der Waals surface area contributed by atoms with Gasteiger partial charge in [-0.05, 0) is 47.4 Å². The number of halogens is 1. The minimum absolute atomic E-state index is 0.0546. The van der Waals surface area contributed by atoms with E-state index in [-0.39, 0.29) is 17.3 Å². The molecule has 1 aliphatic rings. The first-order chi connectivity index (χ1) is 15.3. The molecule has 0 radical (unpaired) electrons. The molecule has 0 aliphatic carbocycles. The molecule has 2 aromatic carbocycles. The van der Waals surface area contributed by atoms with Crippen molar-refractivity contribution >= 4 is 23.1 Å². The topological polar surface area (TPSA) is 48.5 Å². The van der Waals surface area contributed by atoms with E-state index in [1.807, 2.05) is 22.4 Å². The second-order valence-electron chi connectivity index (χ2n) is 9.15. The van der Waals surface area contributed by atoms with E-state index >= 15 is 0 Å². The average molecular weight is 453 g/mol. The van der Waals surface area contributed by atoms with Gasteiger partial charge in [0.25, 0.3) is 0 Å². The Hall–Kier alpha value is -2.77. The number of carbonyl (C=O) groups is 1. The van der Waals surface area contributed by atoms with Crippen LogP contribution in [0.4, 0.5) is 14.9 Å². The van der Waals surface area contributed by atoms with E-state index in [0.717, 1.165) is 41.6 Å². The van der Waals surface area contributed by atoms with E-state index in [1.165, 1.54) is 17.7 Å². The number of hydrogen-bond donors (Lipinski definition) is 1. The normalized spacial score (nSPS) is 15.1. The lowest BCUT2D eigenvalue weighted by Crippen LogP contribution is -2.49. The van der Waals surface area contributed by atoms with Gasteiger partial charge in [0.1, 0.15) is 10.8 Å². The molecular weight excluding hydrogens is 423 g/mol. The second-order valence-corrected chi connectivity index (χ2v) is 10.1. The summed E-state index contributed by atoms with van der Waals surface area (Å²) in [6, 6.07) is 14.4. The monoisotopic (exact) mass is 452 g/mol. The molecule has 3 aromatic rings. The number of benzene rings is 2. The Balaban J connectivity index is 1.27. The Morgan fingerprint density at radius 1 is 1.03 bits per heavy atom. The van der Waals surface area contributed by atoms with Crippen LogP contribution >= 0.6 is 11.3 Å². The molecule has 2 heterocycles. The molecule has 0 unspecified atom stereocenters. The number of anilines is 1. The van der Waals surface area contributed by atoms with E-state index < -0.39 is 0 Å². The third-order valence-electron chi connectivity index (χ3n) is 5.71. The highest BCUT2D eigenvalue weighted by atomic mass is 32.1. The van der Waals surface area contributed by atoms with Gasteiger partial charge in [0.05, 0.1) is 12.2 Å². The van der Waals surface area contributed by atoms with Gasteiger partial charge < -0.3 is 10.2 Å². The largest absolute Gasteiger partial charge is 0.322 e. The molecule has 2 amide bonds. The molecule has 0 atom stereocenters. The van der Waals surface area contributed by atoms with Crippen LogP contribution in [0.2, 0.25) is 0 Å². The number of urea groups is 1. The standard InChI is InChI=1S/C25H29FN4OS/c1-25(2,3)19-6-10-21(11-7-19)27-24(31)30-14-12-29(13-15-30)16-23-28-22(17-32-23)18-4-8-20(26)9-5-18/h4-11,17H,12-16H2,1-3H3,(H,27,31). The van der Waals surface area contributed by atoms with Crippen molar-refractivity contribution in [3.63, 3.8) is 0 Å². The van der Waals surface area contributed by atoms with Crippen molar-refractivity contribution in [1.82, 2.24) is 14.8 Å². The van der Waals surface area contributed by atoms with E-state index in [0.29, 0.717) is 13.1 Å². The smallest absolute Gasteiger partial charge is 0.321 e. The van der Waals surface area contributed by atoms with Gasteiger partial charge in [-0.2, -0.15) is 0 Å². The zero-order chi connectivity index (χ0) is 22.7. The Morgan fingerprint density at radius 3 is 2.31 bits per heavy atom. The lowest BCUT2D eigenvalue weighted by Gasteiger charge is -2.34. The van der Waals surface area contributed by atoms with E-state index in [4.69, 9.17) is 4.98 Å². The van der Waals surface area contributed by atoms with Crippen molar-refractivity contribution in [3.8, 4) is 11.3 Å². The quantitative estimate of drug-likeness (QED) is 0.561. The molecule has 1 N–H and O–H groups in total. The molecule has 168 valence electrons. The number of carbonyl (C=O) groups excluding carboxylic acids is 1. The summed E-state index contributed by atoms with van der Waals surface area (Å²) in [5, 5.41) is 6.05. The SMILES string of the molecule is CC(C)(C)c1ccc(NC(=O)N2CCN(Cc3nc(-c4ccc(F)cc4)cs3)CC2)cc1. The van der Waals surface area contributed by atoms with Gasteiger partial charge in [-0.15, -0.1) is 11.3 Å². The van der Waals surface area contributed by atoms with Gasteiger partial charge >= 0.3 is 6.03 Å². The van der Waals surface area contributed by atoms with Crippen LogP contribution in [0.25, 0.3) is 11.3 Å². The van der Waals surface area contributed by atoms with Gasteiger partial charge in [-0.1, -0.05) is 32.9 Å².